The van der Waals surface area contributed by atoms with Gasteiger partial charge in [-0.3, -0.25) is 0 Å². The molecule has 20 heavy (non-hydrogen) atoms. The van der Waals surface area contributed by atoms with E-state index < -0.39 is 0 Å². The lowest BCUT2D eigenvalue weighted by Crippen LogP contribution is -2.27. The summed E-state index contributed by atoms with van der Waals surface area (Å²) in [7, 11) is 0. The van der Waals surface area contributed by atoms with E-state index >= 15 is 0 Å². The van der Waals surface area contributed by atoms with Crippen LogP contribution in [0.25, 0.3) is 0 Å². The summed E-state index contributed by atoms with van der Waals surface area (Å²) in [4.78, 5) is 4.66. The van der Waals surface area contributed by atoms with Crippen molar-refractivity contribution in [2.75, 3.05) is 13.1 Å². The highest BCUT2D eigenvalue weighted by Crippen LogP contribution is 2.34. The fourth-order valence-corrected chi connectivity index (χ4v) is 3.70. The second-order valence-corrected chi connectivity index (χ2v) is 6.75. The minimum atomic E-state index is 0.537. The second kappa shape index (κ2) is 6.70. The molecule has 1 aliphatic heterocycles. The average Bonchev–Trinajstić information content (AvgIpc) is 2.95. The van der Waals surface area contributed by atoms with Gasteiger partial charge in [0.2, 0.25) is 5.89 Å². The maximum absolute atomic E-state index is 5.47. The molecule has 1 saturated carbocycles. The molecule has 1 aliphatic carbocycles. The first kappa shape index (κ1) is 14.1. The van der Waals surface area contributed by atoms with Crippen LogP contribution in [-0.4, -0.2) is 23.2 Å². The maximum Gasteiger partial charge on any atom is 0.226 e. The minimum absolute atomic E-state index is 0.537. The molecule has 0 aromatic carbocycles. The molecule has 1 aromatic heterocycles. The molecule has 2 aliphatic rings. The first-order valence-corrected chi connectivity index (χ1v) is 8.34. The third-order valence-corrected chi connectivity index (χ3v) is 5.01. The van der Waals surface area contributed by atoms with Crippen LogP contribution >= 0.6 is 0 Å². The van der Waals surface area contributed by atoms with Crippen LogP contribution in [0.2, 0.25) is 0 Å². The molecule has 1 saturated heterocycles. The topological polar surface area (TPSA) is 51.0 Å². The van der Waals surface area contributed by atoms with E-state index in [0.717, 1.165) is 30.0 Å². The summed E-state index contributed by atoms with van der Waals surface area (Å²) in [6.07, 6.45) is 9.87. The van der Waals surface area contributed by atoms with Crippen molar-refractivity contribution >= 4 is 0 Å². The van der Waals surface area contributed by atoms with Gasteiger partial charge in [0.25, 0.3) is 0 Å². The van der Waals surface area contributed by atoms with Gasteiger partial charge in [-0.2, -0.15) is 4.98 Å². The minimum Gasteiger partial charge on any atom is -0.339 e. The standard InChI is InChI=1S/C16H27N3O/c1-12-3-2-4-14(11-12)16-18-15(20-19-16)6-5-13-7-9-17-10-8-13/h12-14,17H,2-11H2,1H3. The van der Waals surface area contributed by atoms with Crippen LogP contribution in [0.15, 0.2) is 4.52 Å². The molecule has 1 N–H and O–H groups in total. The lowest BCUT2D eigenvalue weighted by atomic mass is 9.82. The van der Waals surface area contributed by atoms with Crippen molar-refractivity contribution in [1.82, 2.24) is 15.5 Å². The molecule has 112 valence electrons. The number of aromatic nitrogens is 2. The van der Waals surface area contributed by atoms with Crippen LogP contribution in [0.4, 0.5) is 0 Å². The van der Waals surface area contributed by atoms with Crippen molar-refractivity contribution in [1.29, 1.82) is 0 Å². The predicted molar refractivity (Wildman–Crippen MR) is 78.6 cm³/mol. The molecular weight excluding hydrogens is 250 g/mol. The largest absolute Gasteiger partial charge is 0.339 e. The lowest BCUT2D eigenvalue weighted by molar-refractivity contribution is 0.311. The van der Waals surface area contributed by atoms with E-state index in [4.69, 9.17) is 4.52 Å². The number of aryl methyl sites for hydroxylation is 1. The second-order valence-electron chi connectivity index (χ2n) is 6.75. The van der Waals surface area contributed by atoms with E-state index in [1.54, 1.807) is 0 Å². The fourth-order valence-electron chi connectivity index (χ4n) is 3.70. The Hall–Kier alpha value is -0.900. The Balaban J connectivity index is 1.51. The number of hydrogen-bond donors (Lipinski definition) is 1. The summed E-state index contributed by atoms with van der Waals surface area (Å²) >= 11 is 0. The van der Waals surface area contributed by atoms with Crippen LogP contribution < -0.4 is 5.32 Å². The Morgan fingerprint density at radius 2 is 2.05 bits per heavy atom. The third-order valence-electron chi connectivity index (χ3n) is 5.01. The highest BCUT2D eigenvalue weighted by Gasteiger charge is 2.24. The Morgan fingerprint density at radius 1 is 1.20 bits per heavy atom. The van der Waals surface area contributed by atoms with E-state index in [-0.39, 0.29) is 0 Å². The molecule has 2 heterocycles. The molecule has 0 bridgehead atoms. The van der Waals surface area contributed by atoms with Crippen LogP contribution in [0.5, 0.6) is 0 Å². The molecule has 2 unspecified atom stereocenters. The van der Waals surface area contributed by atoms with Crippen molar-refractivity contribution in [3.63, 3.8) is 0 Å². The maximum atomic E-state index is 5.47. The van der Waals surface area contributed by atoms with Gasteiger partial charge in [-0.1, -0.05) is 24.9 Å². The molecular formula is C16H27N3O. The molecule has 0 spiro atoms. The van der Waals surface area contributed by atoms with Crippen LogP contribution in [-0.2, 0) is 6.42 Å². The smallest absolute Gasteiger partial charge is 0.226 e. The van der Waals surface area contributed by atoms with Crippen LogP contribution in [0.3, 0.4) is 0 Å². The van der Waals surface area contributed by atoms with Crippen molar-refractivity contribution in [2.45, 2.75) is 64.2 Å². The molecule has 2 fully saturated rings. The zero-order valence-electron chi connectivity index (χ0n) is 12.6. The molecule has 2 atom stereocenters. The van der Waals surface area contributed by atoms with Gasteiger partial charge in [-0.15, -0.1) is 0 Å². The normalized spacial score (nSPS) is 28.6. The monoisotopic (exact) mass is 277 g/mol. The van der Waals surface area contributed by atoms with Crippen LogP contribution in [0, 0.1) is 11.8 Å². The van der Waals surface area contributed by atoms with Crippen molar-refractivity contribution in [2.24, 2.45) is 11.8 Å². The predicted octanol–water partition coefficient (Wildman–Crippen LogP) is 3.30. The van der Waals surface area contributed by atoms with Gasteiger partial charge in [0, 0.05) is 12.3 Å². The summed E-state index contributed by atoms with van der Waals surface area (Å²) in [5.74, 6) is 4.01. The number of hydrogen-bond acceptors (Lipinski definition) is 4. The van der Waals surface area contributed by atoms with Crippen LogP contribution in [0.1, 0.15) is 69.5 Å². The summed E-state index contributed by atoms with van der Waals surface area (Å²) in [6.45, 7) is 4.67. The highest BCUT2D eigenvalue weighted by molar-refractivity contribution is 4.98. The Bertz CT molecular complexity index is 412. The van der Waals surface area contributed by atoms with Gasteiger partial charge in [0.15, 0.2) is 5.82 Å². The van der Waals surface area contributed by atoms with Gasteiger partial charge in [0.1, 0.15) is 0 Å². The highest BCUT2D eigenvalue weighted by atomic mass is 16.5. The summed E-state index contributed by atoms with van der Waals surface area (Å²) < 4.78 is 5.47. The fraction of sp³-hybridized carbons (Fsp3) is 0.875. The van der Waals surface area contributed by atoms with Crippen molar-refractivity contribution in [3.05, 3.63) is 11.7 Å². The molecule has 4 nitrogen and oxygen atoms in total. The molecule has 0 radical (unpaired) electrons. The number of nitrogens with one attached hydrogen (secondary N) is 1. The van der Waals surface area contributed by atoms with E-state index in [0.29, 0.717) is 5.92 Å². The zero-order chi connectivity index (χ0) is 13.8. The third kappa shape index (κ3) is 3.60. The molecule has 1 aromatic rings. The summed E-state index contributed by atoms with van der Waals surface area (Å²) in [5, 5.41) is 7.65. The lowest BCUT2D eigenvalue weighted by Gasteiger charge is -2.23. The van der Waals surface area contributed by atoms with Crippen molar-refractivity contribution < 1.29 is 4.52 Å². The van der Waals surface area contributed by atoms with E-state index in [1.807, 2.05) is 0 Å². The summed E-state index contributed by atoms with van der Waals surface area (Å²) in [5.41, 5.74) is 0. The Labute approximate surface area is 121 Å². The Kier molecular flexibility index (Phi) is 4.71. The average molecular weight is 277 g/mol. The number of rotatable bonds is 4. The Morgan fingerprint density at radius 3 is 2.85 bits per heavy atom. The number of nitrogens with zero attached hydrogens (tertiary/aromatic N) is 2. The van der Waals surface area contributed by atoms with Gasteiger partial charge in [0.05, 0.1) is 0 Å². The van der Waals surface area contributed by atoms with E-state index in [1.165, 1.54) is 58.0 Å². The van der Waals surface area contributed by atoms with Gasteiger partial charge >= 0.3 is 0 Å². The van der Waals surface area contributed by atoms with Gasteiger partial charge in [-0.25, -0.2) is 0 Å². The summed E-state index contributed by atoms with van der Waals surface area (Å²) in [6, 6.07) is 0. The SMILES string of the molecule is CC1CCCC(c2noc(CCC3CCNCC3)n2)C1. The van der Waals surface area contributed by atoms with Crippen molar-refractivity contribution in [3.8, 4) is 0 Å². The van der Waals surface area contributed by atoms with E-state index in [2.05, 4.69) is 22.4 Å². The first-order valence-electron chi connectivity index (χ1n) is 8.34. The molecule has 4 heteroatoms. The van der Waals surface area contributed by atoms with E-state index in [9.17, 15) is 0 Å². The number of piperidine rings is 1. The van der Waals surface area contributed by atoms with Gasteiger partial charge in [-0.05, 0) is 57.0 Å². The zero-order valence-corrected chi connectivity index (χ0v) is 12.6. The molecule has 3 rings (SSSR count). The first-order chi connectivity index (χ1) is 9.81. The molecule has 0 amide bonds. The quantitative estimate of drug-likeness (QED) is 0.917. The van der Waals surface area contributed by atoms with Gasteiger partial charge < -0.3 is 9.84 Å².